The van der Waals surface area contributed by atoms with Crippen LogP contribution in [0.2, 0.25) is 0 Å². The van der Waals surface area contributed by atoms with Gasteiger partial charge in [-0.05, 0) is 204 Å². The second kappa shape index (κ2) is 20.9. The fourth-order valence-corrected chi connectivity index (χ4v) is 11.7. The van der Waals surface area contributed by atoms with Gasteiger partial charge in [0.2, 0.25) is 0 Å². The van der Waals surface area contributed by atoms with Gasteiger partial charge >= 0.3 is 11.9 Å². The average Bonchev–Trinajstić information content (AvgIpc) is 4.22. The predicted molar refractivity (Wildman–Crippen MR) is 301 cm³/mol. The van der Waals surface area contributed by atoms with E-state index in [1.54, 1.807) is 12.1 Å². The van der Waals surface area contributed by atoms with Crippen molar-refractivity contribution in [2.75, 3.05) is 0 Å². The van der Waals surface area contributed by atoms with Gasteiger partial charge in [-0.3, -0.25) is 14.4 Å². The normalized spacial score (nSPS) is 12.1. The van der Waals surface area contributed by atoms with Gasteiger partial charge in [0.15, 0.2) is 0 Å². The number of carbonyl (C=O) groups is 4. The highest BCUT2D eigenvalue weighted by Gasteiger charge is 2.33. The van der Waals surface area contributed by atoms with Crippen molar-refractivity contribution in [3.8, 4) is 44.5 Å². The van der Waals surface area contributed by atoms with E-state index < -0.39 is 48.6 Å². The number of carboxylic acids is 3. The van der Waals surface area contributed by atoms with E-state index in [1.165, 1.54) is 5.56 Å². The number of fused-ring (bicyclic) bond motifs is 8. The highest BCUT2D eigenvalue weighted by molar-refractivity contribution is 6.02. The maximum atomic E-state index is 14.2. The fourth-order valence-electron chi connectivity index (χ4n) is 11.7. The number of H-pyrrole nitrogens is 2. The second-order valence-corrected chi connectivity index (χ2v) is 20.8. The third kappa shape index (κ3) is 10.5. The van der Waals surface area contributed by atoms with Crippen LogP contribution in [0.1, 0.15) is 122 Å². The van der Waals surface area contributed by atoms with Crippen molar-refractivity contribution in [1.82, 2.24) is 25.3 Å². The molecule has 0 saturated heterocycles. The van der Waals surface area contributed by atoms with Crippen molar-refractivity contribution >= 4 is 70.2 Å². The Morgan fingerprint density at radius 3 is 1.11 bits per heavy atom. The molecule has 9 rings (SSSR count). The molecule has 0 unspecified atom stereocenters. The van der Waals surface area contributed by atoms with Crippen LogP contribution < -0.4 is 10.4 Å². The summed E-state index contributed by atoms with van der Waals surface area (Å²) in [7, 11) is 0. The minimum absolute atomic E-state index is 0.178. The lowest BCUT2D eigenvalue weighted by molar-refractivity contribution is -0.306. The number of aryl methyl sites for hydroxylation is 9. The van der Waals surface area contributed by atoms with Crippen LogP contribution in [0.5, 0.6) is 0 Å². The first-order valence-electron chi connectivity index (χ1n) is 25.7. The number of nitrogens with zero attached hydrogens (tertiary/aromatic N) is 2. The van der Waals surface area contributed by atoms with E-state index in [4.69, 9.17) is 9.97 Å². The molecule has 0 radical (unpaired) electrons. The average molecular weight is 1010 g/mol. The summed E-state index contributed by atoms with van der Waals surface area (Å²) < 4.78 is 0. The quantitative estimate of drug-likeness (QED) is 0.0662. The molecule has 76 heavy (non-hydrogen) atoms. The number of nitrogens with one attached hydrogen (secondary N) is 3. The molecule has 3 aromatic heterocycles. The number of benzene rings is 4. The number of aromatic nitrogens is 4. The maximum absolute atomic E-state index is 14.2. The molecule has 0 spiro atoms. The first-order chi connectivity index (χ1) is 36.2. The molecular formula is C64H62N5O7-. The lowest BCUT2D eigenvalue weighted by Gasteiger charge is -2.35. The monoisotopic (exact) mass is 1010 g/mol. The number of rotatable bonds is 15. The largest absolute Gasteiger partial charge is 0.550 e. The van der Waals surface area contributed by atoms with Crippen LogP contribution in [0.15, 0.2) is 84.9 Å². The summed E-state index contributed by atoms with van der Waals surface area (Å²) >= 11 is 0. The van der Waals surface area contributed by atoms with Gasteiger partial charge in [-0.2, -0.15) is 0 Å². The first-order valence-corrected chi connectivity index (χ1v) is 25.7. The van der Waals surface area contributed by atoms with Gasteiger partial charge in [-0.15, -0.1) is 0 Å². The number of hydrogen-bond acceptors (Lipinski definition) is 7. The topological polar surface area (TPSA) is 201 Å². The molecule has 2 aliphatic rings. The zero-order chi connectivity index (χ0) is 54.3. The van der Waals surface area contributed by atoms with Crippen LogP contribution in [0.25, 0.3) is 90.9 Å². The number of aliphatic carboxylic acids is 3. The van der Waals surface area contributed by atoms with Gasteiger partial charge < -0.3 is 35.4 Å². The molecule has 0 saturated carbocycles. The summed E-state index contributed by atoms with van der Waals surface area (Å²) in [6.07, 6.45) is 6.39. The van der Waals surface area contributed by atoms with Crippen molar-refractivity contribution < 1.29 is 34.5 Å². The highest BCUT2D eigenvalue weighted by atomic mass is 16.4. The Hall–Kier alpha value is -8.64. The lowest BCUT2D eigenvalue weighted by Crippen LogP contribution is -2.50. The van der Waals surface area contributed by atoms with E-state index in [1.807, 2.05) is 30.4 Å². The Balaban J connectivity index is 1.34. The highest BCUT2D eigenvalue weighted by Crippen LogP contribution is 2.42. The molecule has 4 aromatic carbocycles. The van der Waals surface area contributed by atoms with Crippen LogP contribution in [-0.2, 0) is 14.4 Å². The molecule has 0 aliphatic carbocycles. The van der Waals surface area contributed by atoms with E-state index in [2.05, 4.69) is 144 Å². The van der Waals surface area contributed by atoms with Crippen molar-refractivity contribution in [3.63, 3.8) is 0 Å². The van der Waals surface area contributed by atoms with Crippen molar-refractivity contribution in [2.24, 2.45) is 0 Å². The van der Waals surface area contributed by atoms with Crippen molar-refractivity contribution in [1.29, 1.82) is 0 Å². The van der Waals surface area contributed by atoms with E-state index in [-0.39, 0.29) is 24.8 Å². The Labute approximate surface area is 442 Å². The third-order valence-corrected chi connectivity index (χ3v) is 14.8. The summed E-state index contributed by atoms with van der Waals surface area (Å²) in [5, 5.41) is 33.8. The predicted octanol–water partition coefficient (Wildman–Crippen LogP) is 12.8. The summed E-state index contributed by atoms with van der Waals surface area (Å²) in [4.78, 5) is 68.2. The summed E-state index contributed by atoms with van der Waals surface area (Å²) in [5.74, 6) is -4.34. The number of aromatic amines is 2. The molecule has 12 heteroatoms. The van der Waals surface area contributed by atoms with Crippen molar-refractivity contribution in [2.45, 2.75) is 106 Å². The molecular weight excluding hydrogens is 951 g/mol. The van der Waals surface area contributed by atoms with Crippen LogP contribution in [0.3, 0.4) is 0 Å². The van der Waals surface area contributed by atoms with Gasteiger partial charge in [-0.1, -0.05) is 65.2 Å². The van der Waals surface area contributed by atoms with Crippen LogP contribution >= 0.6 is 0 Å². The van der Waals surface area contributed by atoms with E-state index in [0.717, 1.165) is 128 Å². The number of carboxylic acid groups (broad SMARTS) is 3. The molecule has 0 atom stereocenters. The summed E-state index contributed by atoms with van der Waals surface area (Å²) in [6, 6.07) is 28.6. The Morgan fingerprint density at radius 1 is 0.461 bits per heavy atom. The van der Waals surface area contributed by atoms with Crippen LogP contribution in [0, 0.1) is 62.3 Å². The Kier molecular flexibility index (Phi) is 14.4. The molecule has 0 fully saturated rings. The number of carbonyl (C=O) groups excluding carboxylic acids is 2. The molecule has 5 N–H and O–H groups in total. The minimum Gasteiger partial charge on any atom is -0.550 e. The smallest absolute Gasteiger partial charge is 0.303 e. The molecule has 12 nitrogen and oxygen atoms in total. The second-order valence-electron chi connectivity index (χ2n) is 20.8. The fraction of sp³-hybridized carbons (Fsp3) is 0.250. The van der Waals surface area contributed by atoms with Gasteiger partial charge in [0.05, 0.1) is 22.8 Å². The standard InChI is InChI=1S/C64H63N5O7/c1-34-28-37(4)56(38(5)29-34)60-47-16-14-45(65-47)59(43-10-12-44(13-11-43)63(76)69-64(25-22-53(70)71,26-23-54(72)73)27-24-55(74)75)46-15-17-48(66-46)61(57-39(6)30-35(2)31-40(57)7)50-19-21-52(68-50)62(51-20-18-49(60)67-51)58-41(8)32-36(3)33-42(58)9/h10-21,28-33,65,68H,22-27H2,1-9H3,(H,69,76)(H,70,71)(H,72,73)(H,74,75)/p-1. The van der Waals surface area contributed by atoms with Gasteiger partial charge in [-0.25, -0.2) is 9.97 Å². The lowest BCUT2D eigenvalue weighted by atomic mass is 9.83. The number of amides is 1. The molecule has 8 bridgehead atoms. The Morgan fingerprint density at radius 2 is 0.776 bits per heavy atom. The van der Waals surface area contributed by atoms with Crippen LogP contribution in [0.4, 0.5) is 0 Å². The van der Waals surface area contributed by atoms with E-state index in [9.17, 15) is 34.5 Å². The molecule has 1 amide bonds. The minimum atomic E-state index is -1.44. The summed E-state index contributed by atoms with van der Waals surface area (Å²) in [5.41, 5.74) is 22.9. The SMILES string of the molecule is Cc1cc(C)c(-c2c3nc(c(-c4c(C)cc(C)cc4C)c4ccc([nH]4)c(-c4c(C)cc(C)cc4C)c4nc(c(-c5ccc(C(=O)NC(CCC(=O)[O-])(CCC(=O)O)CCC(=O)O)cc5)c5ccc2[nH]5)C=C4)C=C3)c(C)c1. The Bertz CT molecular complexity index is 3630. The van der Waals surface area contributed by atoms with Crippen molar-refractivity contribution in [3.05, 3.63) is 163 Å². The van der Waals surface area contributed by atoms with E-state index in [0.29, 0.717) is 5.69 Å². The third-order valence-electron chi connectivity index (χ3n) is 14.8. The zero-order valence-corrected chi connectivity index (χ0v) is 44.5. The molecule has 2 aliphatic heterocycles. The van der Waals surface area contributed by atoms with Gasteiger partial charge in [0.25, 0.3) is 5.91 Å². The van der Waals surface area contributed by atoms with Gasteiger partial charge in [0.1, 0.15) is 0 Å². The maximum Gasteiger partial charge on any atom is 0.303 e. The number of hydrogen-bond donors (Lipinski definition) is 5. The first kappa shape index (κ1) is 52.2. The zero-order valence-electron chi connectivity index (χ0n) is 44.5. The van der Waals surface area contributed by atoms with Gasteiger partial charge in [0, 0.05) is 74.2 Å². The van der Waals surface area contributed by atoms with Crippen LogP contribution in [-0.4, -0.2) is 59.5 Å². The molecule has 7 aromatic rings. The van der Waals surface area contributed by atoms with E-state index >= 15 is 0 Å². The molecule has 386 valence electrons. The molecule has 5 heterocycles. The summed E-state index contributed by atoms with van der Waals surface area (Å²) in [6.45, 7) is 19.2.